The number of para-hydroxylation sites is 8. The first kappa shape index (κ1) is 29.6. The van der Waals surface area contributed by atoms with Crippen molar-refractivity contribution in [2.75, 3.05) is 0 Å². The van der Waals surface area contributed by atoms with E-state index in [0.29, 0.717) is 6.04 Å². The van der Waals surface area contributed by atoms with Gasteiger partial charge in [-0.2, -0.15) is 0 Å². The van der Waals surface area contributed by atoms with E-state index in [-0.39, 0.29) is 0 Å². The Hall–Kier alpha value is -6.27. The lowest BCUT2D eigenvalue weighted by Gasteiger charge is -2.26. The van der Waals surface area contributed by atoms with Crippen molar-refractivity contribution >= 4 is 33.1 Å². The molecule has 0 saturated heterocycles. The van der Waals surface area contributed by atoms with E-state index >= 15 is 0 Å². The van der Waals surface area contributed by atoms with E-state index in [9.17, 15) is 0 Å². The van der Waals surface area contributed by atoms with Crippen molar-refractivity contribution in [2.45, 2.75) is 38.1 Å². The number of aromatic nitrogens is 6. The fraction of sp³-hybridized carbons (Fsp3) is 0.133. The van der Waals surface area contributed by atoms with Crippen LogP contribution in [0.4, 0.5) is 0 Å². The van der Waals surface area contributed by atoms with Gasteiger partial charge < -0.3 is 4.57 Å². The number of hydrogen-bond donors (Lipinski definition) is 0. The zero-order valence-electron chi connectivity index (χ0n) is 28.2. The maximum Gasteiger partial charge on any atom is 0.145 e. The molecule has 3 aromatic heterocycles. The van der Waals surface area contributed by atoms with E-state index in [4.69, 9.17) is 15.0 Å². The molecule has 1 saturated carbocycles. The number of nitrogens with zero attached hydrogens (tertiary/aromatic N) is 6. The van der Waals surface area contributed by atoms with Gasteiger partial charge in [0, 0.05) is 34.1 Å². The van der Waals surface area contributed by atoms with Crippen molar-refractivity contribution < 1.29 is 0 Å². The first-order chi connectivity index (χ1) is 25.3. The molecule has 1 aliphatic rings. The van der Waals surface area contributed by atoms with Crippen molar-refractivity contribution in [3.63, 3.8) is 0 Å². The fourth-order valence-corrected chi connectivity index (χ4v) is 8.09. The third-order valence-corrected chi connectivity index (χ3v) is 10.4. The Morgan fingerprint density at radius 3 is 1.29 bits per heavy atom. The molecule has 6 aromatic carbocycles. The molecular weight excluding hydrogens is 625 g/mol. The molecule has 0 unspecified atom stereocenters. The van der Waals surface area contributed by atoms with Crippen molar-refractivity contribution in [1.82, 2.24) is 28.7 Å². The molecule has 0 atom stereocenters. The van der Waals surface area contributed by atoms with Crippen LogP contribution >= 0.6 is 0 Å². The number of benzene rings is 6. The molecular formula is C45H36N6. The van der Waals surface area contributed by atoms with Gasteiger partial charge >= 0.3 is 0 Å². The lowest BCUT2D eigenvalue weighted by Crippen LogP contribution is -2.14. The second kappa shape index (κ2) is 12.3. The van der Waals surface area contributed by atoms with Gasteiger partial charge in [0.15, 0.2) is 0 Å². The zero-order chi connectivity index (χ0) is 33.7. The molecule has 3 heterocycles. The summed E-state index contributed by atoms with van der Waals surface area (Å²) in [6.45, 7) is 0. The monoisotopic (exact) mass is 660 g/mol. The molecule has 1 fully saturated rings. The Balaban J connectivity index is 1.29. The highest BCUT2D eigenvalue weighted by Crippen LogP contribution is 2.40. The standard InChI is InChI=1S/C45H36N6/c1-4-16-34(17-5-1)49-40-25-13-10-22-37(40)46-43(49)31-28-32(44-47-38-23-11-14-26-41(38)50(44)35-18-6-2-7-19-35)30-33(29-31)45-48-39-24-12-15-27-42(39)51(45)36-20-8-3-9-21-36/h1-2,4-7,10-19,22-30,36H,3,8-9,20-21H2. The fourth-order valence-electron chi connectivity index (χ4n) is 8.09. The summed E-state index contributed by atoms with van der Waals surface area (Å²) >= 11 is 0. The van der Waals surface area contributed by atoms with Crippen LogP contribution in [0, 0.1) is 0 Å². The number of fused-ring (bicyclic) bond motifs is 3. The minimum atomic E-state index is 0.399. The van der Waals surface area contributed by atoms with Crippen LogP contribution in [0.3, 0.4) is 0 Å². The minimum Gasteiger partial charge on any atom is -0.321 e. The average molecular weight is 661 g/mol. The van der Waals surface area contributed by atoms with Crippen molar-refractivity contribution in [3.8, 4) is 45.5 Å². The normalized spacial score (nSPS) is 13.8. The quantitative estimate of drug-likeness (QED) is 0.178. The molecule has 6 nitrogen and oxygen atoms in total. The van der Waals surface area contributed by atoms with E-state index < -0.39 is 0 Å². The van der Waals surface area contributed by atoms with E-state index in [1.807, 2.05) is 0 Å². The van der Waals surface area contributed by atoms with Gasteiger partial charge in [0.25, 0.3) is 0 Å². The predicted molar refractivity (Wildman–Crippen MR) is 207 cm³/mol. The molecule has 0 amide bonds. The van der Waals surface area contributed by atoms with Crippen LogP contribution in [0.2, 0.25) is 0 Å². The van der Waals surface area contributed by atoms with Gasteiger partial charge in [0.1, 0.15) is 17.5 Å². The van der Waals surface area contributed by atoms with Crippen LogP contribution < -0.4 is 0 Å². The first-order valence-corrected chi connectivity index (χ1v) is 18.0. The summed E-state index contributed by atoms with van der Waals surface area (Å²) in [5, 5.41) is 0. The lowest BCUT2D eigenvalue weighted by molar-refractivity contribution is 0.362. The second-order valence-electron chi connectivity index (χ2n) is 13.6. The maximum absolute atomic E-state index is 5.38. The second-order valence-corrected chi connectivity index (χ2v) is 13.6. The topological polar surface area (TPSA) is 53.5 Å². The van der Waals surface area contributed by atoms with Gasteiger partial charge in [-0.15, -0.1) is 0 Å². The first-order valence-electron chi connectivity index (χ1n) is 18.0. The molecule has 0 spiro atoms. The van der Waals surface area contributed by atoms with Crippen LogP contribution in [0.1, 0.15) is 38.1 Å². The maximum atomic E-state index is 5.38. The predicted octanol–water partition coefficient (Wildman–Crippen LogP) is 11.2. The average Bonchev–Trinajstić information content (AvgIpc) is 3.91. The highest BCUT2D eigenvalue weighted by atomic mass is 15.1. The van der Waals surface area contributed by atoms with Gasteiger partial charge in [-0.1, -0.05) is 92.1 Å². The Labute approximate surface area is 296 Å². The lowest BCUT2D eigenvalue weighted by atomic mass is 9.94. The van der Waals surface area contributed by atoms with E-state index in [2.05, 4.69) is 165 Å². The van der Waals surface area contributed by atoms with E-state index in [0.717, 1.165) is 86.0 Å². The summed E-state index contributed by atoms with van der Waals surface area (Å²) in [6.07, 6.45) is 6.10. The molecule has 10 rings (SSSR count). The summed E-state index contributed by atoms with van der Waals surface area (Å²) in [5.41, 5.74) is 11.5. The molecule has 0 radical (unpaired) electrons. The summed E-state index contributed by atoms with van der Waals surface area (Å²) in [7, 11) is 0. The number of imidazole rings is 3. The highest BCUT2D eigenvalue weighted by Gasteiger charge is 2.25. The van der Waals surface area contributed by atoms with Gasteiger partial charge in [-0.3, -0.25) is 9.13 Å². The van der Waals surface area contributed by atoms with Crippen molar-refractivity contribution in [1.29, 1.82) is 0 Å². The van der Waals surface area contributed by atoms with E-state index in [1.54, 1.807) is 0 Å². The van der Waals surface area contributed by atoms with Crippen molar-refractivity contribution in [2.24, 2.45) is 0 Å². The summed E-state index contributed by atoms with van der Waals surface area (Å²) in [5.74, 6) is 2.76. The van der Waals surface area contributed by atoms with Gasteiger partial charge in [0.2, 0.25) is 0 Å². The molecule has 0 aliphatic heterocycles. The third kappa shape index (κ3) is 5.06. The number of hydrogen-bond acceptors (Lipinski definition) is 3. The molecule has 6 heteroatoms. The third-order valence-electron chi connectivity index (χ3n) is 10.4. The molecule has 0 N–H and O–H groups in total. The number of rotatable bonds is 6. The Bertz CT molecular complexity index is 2540. The summed E-state index contributed by atoms with van der Waals surface area (Å²) < 4.78 is 7.09. The minimum absolute atomic E-state index is 0.399. The molecule has 0 bridgehead atoms. The summed E-state index contributed by atoms with van der Waals surface area (Å²) in [6, 6.07) is 53.7. The van der Waals surface area contributed by atoms with Crippen LogP contribution in [0.25, 0.3) is 78.6 Å². The zero-order valence-corrected chi connectivity index (χ0v) is 28.2. The van der Waals surface area contributed by atoms with Gasteiger partial charge in [-0.25, -0.2) is 15.0 Å². The van der Waals surface area contributed by atoms with Gasteiger partial charge in [-0.05, 0) is 91.7 Å². The largest absolute Gasteiger partial charge is 0.321 e. The van der Waals surface area contributed by atoms with Gasteiger partial charge in [0.05, 0.1) is 33.1 Å². The van der Waals surface area contributed by atoms with Crippen LogP contribution in [0.15, 0.2) is 152 Å². The van der Waals surface area contributed by atoms with Crippen LogP contribution in [0.5, 0.6) is 0 Å². The van der Waals surface area contributed by atoms with Crippen molar-refractivity contribution in [3.05, 3.63) is 152 Å². The molecule has 51 heavy (non-hydrogen) atoms. The van der Waals surface area contributed by atoms with Crippen LogP contribution in [-0.4, -0.2) is 28.7 Å². The molecule has 246 valence electrons. The van der Waals surface area contributed by atoms with Crippen LogP contribution in [-0.2, 0) is 0 Å². The molecule has 9 aromatic rings. The smallest absolute Gasteiger partial charge is 0.145 e. The Morgan fingerprint density at radius 1 is 0.392 bits per heavy atom. The highest BCUT2D eigenvalue weighted by molar-refractivity contribution is 5.89. The Morgan fingerprint density at radius 2 is 0.784 bits per heavy atom. The Kier molecular flexibility index (Phi) is 7.12. The van der Waals surface area contributed by atoms with E-state index in [1.165, 1.54) is 24.8 Å². The molecule has 1 aliphatic carbocycles. The SMILES string of the molecule is c1ccc(-n2c(-c3cc(-c4nc5ccccc5n4-c4ccccc4)cc(-c4nc5ccccc5n4C4CCCCC4)c3)nc3ccccc32)cc1. The summed E-state index contributed by atoms with van der Waals surface area (Å²) in [4.78, 5) is 16.0.